The van der Waals surface area contributed by atoms with Crippen LogP contribution in [0.3, 0.4) is 0 Å². The molecule has 1 unspecified atom stereocenters. The Morgan fingerprint density at radius 2 is 2.08 bits per heavy atom. The Balaban J connectivity index is 1.58. The molecule has 1 heterocycles. The van der Waals surface area contributed by atoms with Crippen molar-refractivity contribution < 1.29 is 18.7 Å². The van der Waals surface area contributed by atoms with Crippen molar-refractivity contribution in [2.75, 3.05) is 18.5 Å². The van der Waals surface area contributed by atoms with E-state index in [9.17, 15) is 9.18 Å². The molecule has 0 aromatic heterocycles. The van der Waals surface area contributed by atoms with E-state index in [4.69, 9.17) is 9.47 Å². The first-order chi connectivity index (χ1) is 11.6. The first-order valence-corrected chi connectivity index (χ1v) is 8.04. The zero-order chi connectivity index (χ0) is 16.9. The lowest BCUT2D eigenvalue weighted by Gasteiger charge is -2.12. The summed E-state index contributed by atoms with van der Waals surface area (Å²) in [6.07, 6.45) is 2.24. The molecule has 5 heteroatoms. The van der Waals surface area contributed by atoms with Crippen molar-refractivity contribution in [3.8, 4) is 5.75 Å². The molecular weight excluding hydrogens is 309 g/mol. The molecule has 0 saturated carbocycles. The third-order valence-corrected chi connectivity index (χ3v) is 3.95. The van der Waals surface area contributed by atoms with Crippen LogP contribution >= 0.6 is 0 Å². The summed E-state index contributed by atoms with van der Waals surface area (Å²) in [5, 5.41) is 2.58. The number of anilines is 1. The van der Waals surface area contributed by atoms with Gasteiger partial charge in [-0.15, -0.1) is 0 Å². The molecule has 1 aliphatic heterocycles. The van der Waals surface area contributed by atoms with Crippen molar-refractivity contribution in [3.63, 3.8) is 0 Å². The second-order valence-corrected chi connectivity index (χ2v) is 5.91. The minimum atomic E-state index is -0.445. The number of nitrogens with one attached hydrogen (secondary N) is 1. The fourth-order valence-corrected chi connectivity index (χ4v) is 2.58. The van der Waals surface area contributed by atoms with Gasteiger partial charge in [-0.05, 0) is 61.7 Å². The molecule has 2 aromatic rings. The van der Waals surface area contributed by atoms with Gasteiger partial charge in [-0.3, -0.25) is 4.79 Å². The highest BCUT2D eigenvalue weighted by molar-refractivity contribution is 6.04. The molecule has 2 aromatic carbocycles. The van der Waals surface area contributed by atoms with Gasteiger partial charge in [0.1, 0.15) is 18.2 Å². The van der Waals surface area contributed by atoms with Gasteiger partial charge in [-0.25, -0.2) is 4.39 Å². The lowest BCUT2D eigenvalue weighted by Crippen LogP contribution is -2.16. The van der Waals surface area contributed by atoms with Crippen LogP contribution in [0.25, 0.3) is 0 Å². The molecule has 1 fully saturated rings. The second-order valence-electron chi connectivity index (χ2n) is 5.91. The molecule has 24 heavy (non-hydrogen) atoms. The van der Waals surface area contributed by atoms with Crippen LogP contribution in [0.4, 0.5) is 10.1 Å². The summed E-state index contributed by atoms with van der Waals surface area (Å²) in [5.74, 6) is -0.119. The quantitative estimate of drug-likeness (QED) is 0.904. The third kappa shape index (κ3) is 4.11. The van der Waals surface area contributed by atoms with Gasteiger partial charge in [0.05, 0.1) is 11.8 Å². The van der Waals surface area contributed by atoms with E-state index in [-0.39, 0.29) is 17.7 Å². The van der Waals surface area contributed by atoms with Gasteiger partial charge in [0.25, 0.3) is 5.91 Å². The van der Waals surface area contributed by atoms with Crippen molar-refractivity contribution in [3.05, 3.63) is 59.4 Å². The maximum absolute atomic E-state index is 13.8. The number of benzene rings is 2. The van der Waals surface area contributed by atoms with Crippen molar-refractivity contribution >= 4 is 11.6 Å². The summed E-state index contributed by atoms with van der Waals surface area (Å²) >= 11 is 0. The fraction of sp³-hybridized carbons (Fsp3) is 0.316. The molecule has 0 spiro atoms. The van der Waals surface area contributed by atoms with Crippen LogP contribution in [0.5, 0.6) is 5.75 Å². The van der Waals surface area contributed by atoms with E-state index in [1.54, 1.807) is 43.3 Å². The minimum Gasteiger partial charge on any atom is -0.491 e. The molecule has 3 rings (SSSR count). The van der Waals surface area contributed by atoms with Gasteiger partial charge in [0.15, 0.2) is 0 Å². The number of aryl methyl sites for hydroxylation is 1. The molecule has 1 saturated heterocycles. The molecule has 1 aliphatic rings. The fourth-order valence-electron chi connectivity index (χ4n) is 2.58. The van der Waals surface area contributed by atoms with Crippen molar-refractivity contribution in [1.29, 1.82) is 0 Å². The maximum atomic E-state index is 13.8. The number of halogens is 1. The Hall–Kier alpha value is -2.40. The molecule has 0 aliphatic carbocycles. The first-order valence-electron chi connectivity index (χ1n) is 8.04. The number of carbonyl (C=O) groups excluding carboxylic acids is 1. The van der Waals surface area contributed by atoms with Crippen LogP contribution in [0.1, 0.15) is 28.8 Å². The molecular formula is C19H20FNO3. The van der Waals surface area contributed by atoms with Crippen LogP contribution in [0.15, 0.2) is 42.5 Å². The van der Waals surface area contributed by atoms with Gasteiger partial charge < -0.3 is 14.8 Å². The van der Waals surface area contributed by atoms with Crippen molar-refractivity contribution in [2.45, 2.75) is 25.9 Å². The van der Waals surface area contributed by atoms with E-state index in [2.05, 4.69) is 5.32 Å². The topological polar surface area (TPSA) is 47.6 Å². The lowest BCUT2D eigenvalue weighted by atomic mass is 10.2. The highest BCUT2D eigenvalue weighted by atomic mass is 19.1. The highest BCUT2D eigenvalue weighted by Gasteiger charge is 2.16. The number of ether oxygens (including phenoxy) is 2. The zero-order valence-corrected chi connectivity index (χ0v) is 13.5. The second kappa shape index (κ2) is 7.45. The van der Waals surface area contributed by atoms with Crippen molar-refractivity contribution in [1.82, 2.24) is 0 Å². The summed E-state index contributed by atoms with van der Waals surface area (Å²) in [4.78, 5) is 12.2. The van der Waals surface area contributed by atoms with E-state index in [0.717, 1.165) is 25.0 Å². The van der Waals surface area contributed by atoms with E-state index in [1.165, 1.54) is 6.07 Å². The summed E-state index contributed by atoms with van der Waals surface area (Å²) in [7, 11) is 0. The molecule has 1 N–H and O–H groups in total. The normalized spacial score (nSPS) is 16.8. The number of hydrogen-bond acceptors (Lipinski definition) is 3. The minimum absolute atomic E-state index is 0.150. The predicted molar refractivity (Wildman–Crippen MR) is 90.0 cm³/mol. The Bertz CT molecular complexity index is 709. The van der Waals surface area contributed by atoms with Crippen LogP contribution in [0, 0.1) is 12.7 Å². The van der Waals surface area contributed by atoms with Crippen LogP contribution < -0.4 is 10.1 Å². The molecule has 0 radical (unpaired) electrons. The summed E-state index contributed by atoms with van der Waals surface area (Å²) < 4.78 is 24.9. The van der Waals surface area contributed by atoms with Crippen molar-refractivity contribution in [2.24, 2.45) is 0 Å². The maximum Gasteiger partial charge on any atom is 0.255 e. The number of amides is 1. The number of carbonyl (C=O) groups is 1. The molecule has 126 valence electrons. The lowest BCUT2D eigenvalue weighted by molar-refractivity contribution is 0.0679. The summed E-state index contributed by atoms with van der Waals surface area (Å²) in [5.41, 5.74) is 1.42. The molecule has 0 bridgehead atoms. The molecule has 1 amide bonds. The summed E-state index contributed by atoms with van der Waals surface area (Å²) in [6.45, 7) is 3.10. The van der Waals surface area contributed by atoms with E-state index in [0.29, 0.717) is 17.9 Å². The Morgan fingerprint density at radius 1 is 1.29 bits per heavy atom. The summed E-state index contributed by atoms with van der Waals surface area (Å²) in [6, 6.07) is 11.5. The number of hydrogen-bond donors (Lipinski definition) is 1. The molecule has 4 nitrogen and oxygen atoms in total. The van der Waals surface area contributed by atoms with Gasteiger partial charge in [-0.1, -0.05) is 6.07 Å². The number of rotatable bonds is 5. The SMILES string of the molecule is Cc1ccc(NC(=O)c2ccc(OCC3CCCO3)cc2)c(F)c1. The van der Waals surface area contributed by atoms with Gasteiger partial charge >= 0.3 is 0 Å². The van der Waals surface area contributed by atoms with E-state index >= 15 is 0 Å². The van der Waals surface area contributed by atoms with Gasteiger partial charge in [0, 0.05) is 12.2 Å². The smallest absolute Gasteiger partial charge is 0.255 e. The van der Waals surface area contributed by atoms with Gasteiger partial charge in [0.2, 0.25) is 0 Å². The Morgan fingerprint density at radius 3 is 2.75 bits per heavy atom. The first kappa shape index (κ1) is 16.5. The van der Waals surface area contributed by atoms with E-state index in [1.807, 2.05) is 0 Å². The predicted octanol–water partition coefficient (Wildman–Crippen LogP) is 3.94. The third-order valence-electron chi connectivity index (χ3n) is 3.95. The molecule has 1 atom stereocenters. The average molecular weight is 329 g/mol. The van der Waals surface area contributed by atoms with E-state index < -0.39 is 5.82 Å². The van der Waals surface area contributed by atoms with Crippen LogP contribution in [0.2, 0.25) is 0 Å². The Labute approximate surface area is 140 Å². The van der Waals surface area contributed by atoms with Gasteiger partial charge in [-0.2, -0.15) is 0 Å². The highest BCUT2D eigenvalue weighted by Crippen LogP contribution is 2.19. The van der Waals surface area contributed by atoms with Crippen LogP contribution in [-0.2, 0) is 4.74 Å². The largest absolute Gasteiger partial charge is 0.491 e. The zero-order valence-electron chi connectivity index (χ0n) is 13.5. The van der Waals surface area contributed by atoms with Crippen LogP contribution in [-0.4, -0.2) is 25.2 Å². The standard InChI is InChI=1S/C19H20FNO3/c1-13-4-9-18(17(20)11-13)21-19(22)14-5-7-15(8-6-14)24-12-16-3-2-10-23-16/h4-9,11,16H,2-3,10,12H2,1H3,(H,21,22). The monoisotopic (exact) mass is 329 g/mol. The Kier molecular flexibility index (Phi) is 5.11. The average Bonchev–Trinajstić information content (AvgIpc) is 3.09.